The van der Waals surface area contributed by atoms with Gasteiger partial charge in [-0.25, -0.2) is 4.79 Å². The first kappa shape index (κ1) is 18.5. The van der Waals surface area contributed by atoms with Crippen molar-refractivity contribution in [1.29, 1.82) is 0 Å². The standard InChI is InChI=1S/C17H28N2O3/c1-13(21)11-19(4)16(22)18-10-15(17(2,3)12-20)14-8-6-5-7-9-14/h5-9,13,15,20-21H,10-12H2,1-4H3,(H,18,22). The summed E-state index contributed by atoms with van der Waals surface area (Å²) in [6, 6.07) is 9.65. The molecule has 5 heteroatoms. The summed E-state index contributed by atoms with van der Waals surface area (Å²) in [5.41, 5.74) is 0.734. The van der Waals surface area contributed by atoms with E-state index in [-0.39, 0.29) is 30.5 Å². The number of nitrogens with one attached hydrogen (secondary N) is 1. The van der Waals surface area contributed by atoms with Crippen molar-refractivity contribution >= 4 is 6.03 Å². The molecule has 22 heavy (non-hydrogen) atoms. The molecular weight excluding hydrogens is 280 g/mol. The van der Waals surface area contributed by atoms with Crippen LogP contribution in [-0.2, 0) is 0 Å². The monoisotopic (exact) mass is 308 g/mol. The van der Waals surface area contributed by atoms with Crippen molar-refractivity contribution in [3.63, 3.8) is 0 Å². The van der Waals surface area contributed by atoms with Crippen molar-refractivity contribution < 1.29 is 15.0 Å². The highest BCUT2D eigenvalue weighted by molar-refractivity contribution is 5.73. The van der Waals surface area contributed by atoms with Gasteiger partial charge in [-0.1, -0.05) is 44.2 Å². The van der Waals surface area contributed by atoms with Gasteiger partial charge in [0.05, 0.1) is 6.10 Å². The lowest BCUT2D eigenvalue weighted by Crippen LogP contribution is -2.44. The number of likely N-dealkylation sites (N-methyl/N-ethyl adjacent to an activating group) is 1. The molecule has 0 aliphatic rings. The number of benzene rings is 1. The first-order valence-corrected chi connectivity index (χ1v) is 7.60. The minimum absolute atomic E-state index is 0.00241. The highest BCUT2D eigenvalue weighted by atomic mass is 16.3. The second-order valence-corrected chi connectivity index (χ2v) is 6.53. The van der Waals surface area contributed by atoms with Gasteiger partial charge >= 0.3 is 6.03 Å². The Balaban J connectivity index is 2.77. The number of rotatable bonds is 7. The molecule has 1 rings (SSSR count). The summed E-state index contributed by atoms with van der Waals surface area (Å²) in [7, 11) is 1.65. The van der Waals surface area contributed by atoms with Crippen LogP contribution in [0.4, 0.5) is 4.79 Å². The third kappa shape index (κ3) is 5.31. The second kappa shape index (κ2) is 8.15. The first-order chi connectivity index (χ1) is 10.3. The summed E-state index contributed by atoms with van der Waals surface area (Å²) in [5.74, 6) is 0.00241. The lowest BCUT2D eigenvalue weighted by Gasteiger charge is -2.34. The Morgan fingerprint density at radius 2 is 1.91 bits per heavy atom. The van der Waals surface area contributed by atoms with Gasteiger partial charge in [-0.15, -0.1) is 0 Å². The Morgan fingerprint density at radius 3 is 2.41 bits per heavy atom. The molecule has 3 N–H and O–H groups in total. The average molecular weight is 308 g/mol. The molecule has 0 fully saturated rings. The van der Waals surface area contributed by atoms with Crippen molar-refractivity contribution in [1.82, 2.24) is 10.2 Å². The molecular formula is C17H28N2O3. The van der Waals surface area contributed by atoms with Gasteiger partial charge in [-0.3, -0.25) is 0 Å². The average Bonchev–Trinajstić information content (AvgIpc) is 2.47. The van der Waals surface area contributed by atoms with Gasteiger partial charge in [-0.05, 0) is 17.9 Å². The molecule has 0 aliphatic heterocycles. The van der Waals surface area contributed by atoms with Gasteiger partial charge in [0, 0.05) is 32.7 Å². The van der Waals surface area contributed by atoms with Crippen molar-refractivity contribution in [2.24, 2.45) is 5.41 Å². The van der Waals surface area contributed by atoms with Gasteiger partial charge in [-0.2, -0.15) is 0 Å². The molecule has 0 heterocycles. The number of urea groups is 1. The van der Waals surface area contributed by atoms with E-state index in [4.69, 9.17) is 0 Å². The van der Waals surface area contributed by atoms with E-state index >= 15 is 0 Å². The molecule has 0 radical (unpaired) electrons. The van der Waals surface area contributed by atoms with Crippen molar-refractivity contribution in [3.8, 4) is 0 Å². The molecule has 2 atom stereocenters. The van der Waals surface area contributed by atoms with Crippen LogP contribution in [-0.4, -0.2) is 54.0 Å². The molecule has 2 unspecified atom stereocenters. The highest BCUT2D eigenvalue weighted by Crippen LogP contribution is 2.34. The number of nitrogens with zero attached hydrogens (tertiary/aromatic N) is 1. The molecule has 5 nitrogen and oxygen atoms in total. The Kier molecular flexibility index (Phi) is 6.84. The van der Waals surface area contributed by atoms with Crippen LogP contribution in [0.1, 0.15) is 32.3 Å². The maximum atomic E-state index is 12.1. The molecule has 124 valence electrons. The number of hydrogen-bond acceptors (Lipinski definition) is 3. The minimum Gasteiger partial charge on any atom is -0.396 e. The van der Waals surface area contributed by atoms with E-state index in [1.165, 1.54) is 4.90 Å². The van der Waals surface area contributed by atoms with Crippen molar-refractivity contribution in [2.45, 2.75) is 32.8 Å². The zero-order chi connectivity index (χ0) is 16.8. The number of amides is 2. The summed E-state index contributed by atoms with van der Waals surface area (Å²) >= 11 is 0. The third-order valence-corrected chi connectivity index (χ3v) is 3.89. The fourth-order valence-electron chi connectivity index (χ4n) is 2.44. The molecule has 0 spiro atoms. The number of carbonyl (C=O) groups excluding carboxylic acids is 1. The highest BCUT2D eigenvalue weighted by Gasteiger charge is 2.30. The maximum Gasteiger partial charge on any atom is 0.317 e. The normalized spacial score (nSPS) is 14.3. The van der Waals surface area contributed by atoms with Crippen LogP contribution >= 0.6 is 0 Å². The van der Waals surface area contributed by atoms with E-state index in [1.54, 1.807) is 14.0 Å². The predicted molar refractivity (Wildman–Crippen MR) is 87.8 cm³/mol. The fraction of sp³-hybridized carbons (Fsp3) is 0.588. The van der Waals surface area contributed by atoms with Crippen LogP contribution in [0.25, 0.3) is 0 Å². The number of aliphatic hydroxyl groups excluding tert-OH is 2. The first-order valence-electron chi connectivity index (χ1n) is 7.60. The number of hydrogen-bond donors (Lipinski definition) is 3. The Hall–Kier alpha value is -1.59. The molecule has 2 amide bonds. The number of aliphatic hydroxyl groups is 2. The van der Waals surface area contributed by atoms with E-state index < -0.39 is 6.10 Å². The zero-order valence-electron chi connectivity index (χ0n) is 13.9. The predicted octanol–water partition coefficient (Wildman–Crippen LogP) is 1.81. The summed E-state index contributed by atoms with van der Waals surface area (Å²) < 4.78 is 0. The van der Waals surface area contributed by atoms with Gasteiger partial charge in [0.1, 0.15) is 0 Å². The van der Waals surface area contributed by atoms with Gasteiger partial charge in [0.15, 0.2) is 0 Å². The fourth-order valence-corrected chi connectivity index (χ4v) is 2.44. The quantitative estimate of drug-likeness (QED) is 0.719. The minimum atomic E-state index is -0.561. The molecule has 0 aromatic heterocycles. The summed E-state index contributed by atoms with van der Waals surface area (Å²) in [5, 5.41) is 21.9. The largest absolute Gasteiger partial charge is 0.396 e. The van der Waals surface area contributed by atoms with Crippen LogP contribution in [0.15, 0.2) is 30.3 Å². The molecule has 0 aliphatic carbocycles. The van der Waals surface area contributed by atoms with Crippen LogP contribution < -0.4 is 5.32 Å². The Bertz CT molecular complexity index is 460. The van der Waals surface area contributed by atoms with Gasteiger partial charge in [0.25, 0.3) is 0 Å². The maximum absolute atomic E-state index is 12.1. The molecule has 0 saturated heterocycles. The van der Waals surface area contributed by atoms with Crippen LogP contribution in [0, 0.1) is 5.41 Å². The van der Waals surface area contributed by atoms with E-state index in [0.717, 1.165) is 5.56 Å². The molecule has 0 saturated carbocycles. The molecule has 1 aromatic carbocycles. The smallest absolute Gasteiger partial charge is 0.317 e. The zero-order valence-corrected chi connectivity index (χ0v) is 13.9. The summed E-state index contributed by atoms with van der Waals surface area (Å²) in [6.45, 7) is 6.36. The van der Waals surface area contributed by atoms with Crippen molar-refractivity contribution in [3.05, 3.63) is 35.9 Å². The van der Waals surface area contributed by atoms with Crippen LogP contribution in [0.5, 0.6) is 0 Å². The SMILES string of the molecule is CC(O)CN(C)C(=O)NCC(c1ccccc1)C(C)(C)CO. The molecule has 1 aromatic rings. The van der Waals surface area contributed by atoms with Gasteiger partial charge < -0.3 is 20.4 Å². The van der Waals surface area contributed by atoms with Crippen LogP contribution in [0.2, 0.25) is 0 Å². The lowest BCUT2D eigenvalue weighted by molar-refractivity contribution is 0.124. The van der Waals surface area contributed by atoms with E-state index in [1.807, 2.05) is 44.2 Å². The second-order valence-electron chi connectivity index (χ2n) is 6.53. The summed E-state index contributed by atoms with van der Waals surface area (Å²) in [4.78, 5) is 13.5. The van der Waals surface area contributed by atoms with E-state index in [0.29, 0.717) is 6.54 Å². The molecule has 0 bridgehead atoms. The van der Waals surface area contributed by atoms with E-state index in [9.17, 15) is 15.0 Å². The summed E-state index contributed by atoms with van der Waals surface area (Å²) in [6.07, 6.45) is -0.561. The Labute approximate surface area is 133 Å². The van der Waals surface area contributed by atoms with E-state index in [2.05, 4.69) is 5.32 Å². The lowest BCUT2D eigenvalue weighted by atomic mass is 9.75. The Morgan fingerprint density at radius 1 is 1.32 bits per heavy atom. The van der Waals surface area contributed by atoms with Crippen LogP contribution in [0.3, 0.4) is 0 Å². The number of carbonyl (C=O) groups is 1. The van der Waals surface area contributed by atoms with Crippen molar-refractivity contribution in [2.75, 3.05) is 26.7 Å². The topological polar surface area (TPSA) is 72.8 Å². The van der Waals surface area contributed by atoms with Gasteiger partial charge in [0.2, 0.25) is 0 Å². The third-order valence-electron chi connectivity index (χ3n) is 3.89.